The highest BCUT2D eigenvalue weighted by atomic mass is 16.3. The van der Waals surface area contributed by atoms with E-state index in [2.05, 4.69) is 170 Å². The van der Waals surface area contributed by atoms with Gasteiger partial charge in [0.2, 0.25) is 0 Å². The van der Waals surface area contributed by atoms with Crippen molar-refractivity contribution < 1.29 is 8.83 Å². The van der Waals surface area contributed by atoms with Gasteiger partial charge in [0.1, 0.15) is 28.0 Å². The first-order valence-corrected chi connectivity index (χ1v) is 22.4. The second kappa shape index (κ2) is 15.2. The number of nitrogens with zero attached hydrogens (tertiary/aromatic N) is 2. The molecule has 9 aromatic carbocycles. The van der Waals surface area contributed by atoms with E-state index in [0.717, 1.165) is 90.3 Å². The third-order valence-electron chi connectivity index (χ3n) is 13.4. The van der Waals surface area contributed by atoms with Crippen LogP contribution >= 0.6 is 0 Å². The third kappa shape index (κ3) is 6.37. The lowest BCUT2D eigenvalue weighted by atomic mass is 9.86. The quantitative estimate of drug-likeness (QED) is 0.167. The number of fused-ring (bicyclic) bond motifs is 9. The predicted octanol–water partition coefficient (Wildman–Crippen LogP) is 16.4. The van der Waals surface area contributed by atoms with Crippen LogP contribution in [0.15, 0.2) is 221 Å². The normalized spacial score (nSPS) is 13.6. The molecule has 0 amide bonds. The number of aromatic nitrogens is 2. The van der Waals surface area contributed by atoms with E-state index >= 15 is 0 Å². The van der Waals surface area contributed by atoms with Gasteiger partial charge < -0.3 is 8.83 Å². The zero-order chi connectivity index (χ0) is 42.8. The van der Waals surface area contributed by atoms with Crippen LogP contribution in [-0.2, 0) is 6.42 Å². The summed E-state index contributed by atoms with van der Waals surface area (Å²) in [5, 5.41) is 2.96. The summed E-state index contributed by atoms with van der Waals surface area (Å²) in [7, 11) is 0. The van der Waals surface area contributed by atoms with Gasteiger partial charge in [0.05, 0.1) is 0 Å². The summed E-state index contributed by atoms with van der Waals surface area (Å²) >= 11 is 0. The number of hydrogen-bond acceptors (Lipinski definition) is 4. The van der Waals surface area contributed by atoms with Crippen molar-refractivity contribution in [3.8, 4) is 67.2 Å². The minimum Gasteiger partial charge on any atom is -0.456 e. The van der Waals surface area contributed by atoms with Crippen LogP contribution in [0, 0.1) is 0 Å². The van der Waals surface area contributed by atoms with Gasteiger partial charge in [-0.3, -0.25) is 0 Å². The van der Waals surface area contributed by atoms with Crippen molar-refractivity contribution in [1.29, 1.82) is 0 Å². The maximum atomic E-state index is 6.72. The summed E-state index contributed by atoms with van der Waals surface area (Å²) in [5.41, 5.74) is 20.2. The lowest BCUT2D eigenvalue weighted by molar-refractivity contribution is 0.667. The fourth-order valence-electron chi connectivity index (χ4n) is 10.2. The summed E-state index contributed by atoms with van der Waals surface area (Å²) in [6.45, 7) is 0. The van der Waals surface area contributed by atoms with E-state index < -0.39 is 0 Å². The second-order valence-corrected chi connectivity index (χ2v) is 17.1. The zero-order valence-electron chi connectivity index (χ0n) is 35.4. The summed E-state index contributed by atoms with van der Waals surface area (Å²) < 4.78 is 13.3. The van der Waals surface area contributed by atoms with Gasteiger partial charge >= 0.3 is 0 Å². The SMILES string of the molecule is c1ccc(-c2ccc3oc4c(-c5cccc6oc7ccc(-c8ccc(-c9ccc%10c(c9)-c9ccccc9C(c9ccccc9)CC%10)cc8)cc7c56)nc(-c5ccccc5)nc4c3c2)cc1. The van der Waals surface area contributed by atoms with E-state index in [1.54, 1.807) is 0 Å². The Hall–Kier alpha value is -8.34. The van der Waals surface area contributed by atoms with E-state index in [0.29, 0.717) is 17.3 Å². The first-order chi connectivity index (χ1) is 32.2. The van der Waals surface area contributed by atoms with Crippen LogP contribution in [0.4, 0.5) is 0 Å². The highest BCUT2D eigenvalue weighted by Crippen LogP contribution is 2.45. The zero-order valence-corrected chi connectivity index (χ0v) is 35.4. The molecule has 0 bridgehead atoms. The lowest BCUT2D eigenvalue weighted by Crippen LogP contribution is -2.01. The highest BCUT2D eigenvalue weighted by Gasteiger charge is 2.25. The average molecular weight is 833 g/mol. The van der Waals surface area contributed by atoms with Crippen LogP contribution in [0.3, 0.4) is 0 Å². The molecule has 306 valence electrons. The van der Waals surface area contributed by atoms with Crippen molar-refractivity contribution in [2.45, 2.75) is 18.8 Å². The topological polar surface area (TPSA) is 52.1 Å². The average Bonchev–Trinajstić information content (AvgIpc) is 3.90. The number of benzene rings is 9. The van der Waals surface area contributed by atoms with Gasteiger partial charge in [-0.1, -0.05) is 176 Å². The molecule has 0 aliphatic heterocycles. The number of aryl methyl sites for hydroxylation is 1. The molecule has 1 aliphatic carbocycles. The second-order valence-electron chi connectivity index (χ2n) is 17.1. The van der Waals surface area contributed by atoms with Crippen molar-refractivity contribution in [3.63, 3.8) is 0 Å². The Bertz CT molecular complexity index is 3760. The van der Waals surface area contributed by atoms with E-state index in [4.69, 9.17) is 18.8 Å². The molecular weight excluding hydrogens is 793 g/mol. The Labute approximate surface area is 376 Å². The van der Waals surface area contributed by atoms with Crippen LogP contribution in [0.5, 0.6) is 0 Å². The van der Waals surface area contributed by atoms with Gasteiger partial charge in [-0.2, -0.15) is 0 Å². The minimum absolute atomic E-state index is 0.371. The van der Waals surface area contributed by atoms with Gasteiger partial charge in [-0.15, -0.1) is 0 Å². The monoisotopic (exact) mass is 832 g/mol. The number of furan rings is 2. The predicted molar refractivity (Wildman–Crippen MR) is 266 cm³/mol. The number of rotatable bonds is 6. The van der Waals surface area contributed by atoms with Crippen LogP contribution < -0.4 is 0 Å². The fraction of sp³-hybridized carbons (Fsp3) is 0.0492. The van der Waals surface area contributed by atoms with Gasteiger partial charge in [0.25, 0.3) is 0 Å². The molecule has 4 heteroatoms. The summed E-state index contributed by atoms with van der Waals surface area (Å²) in [5.74, 6) is 1.01. The first kappa shape index (κ1) is 37.2. The molecule has 1 unspecified atom stereocenters. The molecule has 1 aliphatic rings. The molecule has 0 spiro atoms. The Morgan fingerprint density at radius 1 is 0.400 bits per heavy atom. The van der Waals surface area contributed by atoms with E-state index in [1.807, 2.05) is 42.5 Å². The van der Waals surface area contributed by atoms with Crippen LogP contribution in [0.2, 0.25) is 0 Å². The Morgan fingerprint density at radius 3 is 1.74 bits per heavy atom. The van der Waals surface area contributed by atoms with E-state index in [-0.39, 0.29) is 0 Å². The Balaban J connectivity index is 0.903. The Kier molecular flexibility index (Phi) is 8.70. The molecule has 0 N–H and O–H groups in total. The van der Waals surface area contributed by atoms with Crippen molar-refractivity contribution in [1.82, 2.24) is 9.97 Å². The summed E-state index contributed by atoms with van der Waals surface area (Å²) in [6.07, 6.45) is 2.13. The van der Waals surface area contributed by atoms with Crippen LogP contribution in [0.1, 0.15) is 29.0 Å². The maximum Gasteiger partial charge on any atom is 0.180 e. The van der Waals surface area contributed by atoms with Crippen molar-refractivity contribution in [3.05, 3.63) is 229 Å². The van der Waals surface area contributed by atoms with Crippen molar-refractivity contribution >= 4 is 44.0 Å². The lowest BCUT2D eigenvalue weighted by Gasteiger charge is -2.18. The highest BCUT2D eigenvalue weighted by molar-refractivity contribution is 6.17. The molecule has 1 atom stereocenters. The molecule has 3 aromatic heterocycles. The van der Waals surface area contributed by atoms with Gasteiger partial charge in [0.15, 0.2) is 11.4 Å². The molecule has 65 heavy (non-hydrogen) atoms. The summed E-state index contributed by atoms with van der Waals surface area (Å²) in [6, 6.07) is 75.6. The molecule has 4 nitrogen and oxygen atoms in total. The molecule has 0 saturated heterocycles. The standard InChI is InChI=1S/C61H40N2O2/c1-4-13-38(14-5-1)46-31-34-55-53(37-46)59-60(65-55)58(62-61(63-59)43-17-8-3-9-18-43)50-21-12-22-56-57(50)52-36-45(30-33-54(52)64-56)40-25-23-39(24-26-40)44-28-27-42-29-32-47(41-15-6-2-7-16-41)48-19-10-11-20-49(48)51(42)35-44/h1-28,30-31,33-37,47H,29,32H2. The molecule has 0 fully saturated rings. The van der Waals surface area contributed by atoms with E-state index in [9.17, 15) is 0 Å². The van der Waals surface area contributed by atoms with Crippen molar-refractivity contribution in [2.75, 3.05) is 0 Å². The summed E-state index contributed by atoms with van der Waals surface area (Å²) in [4.78, 5) is 10.5. The van der Waals surface area contributed by atoms with Gasteiger partial charge in [-0.25, -0.2) is 9.97 Å². The molecule has 12 aromatic rings. The third-order valence-corrected chi connectivity index (χ3v) is 13.4. The molecule has 0 radical (unpaired) electrons. The molecule has 13 rings (SSSR count). The van der Waals surface area contributed by atoms with Crippen LogP contribution in [0.25, 0.3) is 111 Å². The Morgan fingerprint density at radius 2 is 0.985 bits per heavy atom. The van der Waals surface area contributed by atoms with Crippen molar-refractivity contribution in [2.24, 2.45) is 0 Å². The smallest absolute Gasteiger partial charge is 0.180 e. The van der Waals surface area contributed by atoms with Gasteiger partial charge in [0, 0.05) is 33.2 Å². The van der Waals surface area contributed by atoms with E-state index in [1.165, 1.54) is 38.9 Å². The molecule has 3 heterocycles. The fourth-order valence-corrected chi connectivity index (χ4v) is 10.2. The molecular formula is C61H40N2O2. The minimum atomic E-state index is 0.371. The largest absolute Gasteiger partial charge is 0.456 e. The van der Waals surface area contributed by atoms with Gasteiger partial charge in [-0.05, 0) is 110 Å². The first-order valence-electron chi connectivity index (χ1n) is 22.4. The number of hydrogen-bond donors (Lipinski definition) is 0. The molecule has 0 saturated carbocycles. The van der Waals surface area contributed by atoms with Crippen LogP contribution in [-0.4, -0.2) is 9.97 Å². The maximum absolute atomic E-state index is 6.72.